The molecule has 2 heterocycles. The van der Waals surface area contributed by atoms with Crippen LogP contribution >= 0.6 is 35.5 Å². The Morgan fingerprint density at radius 2 is 2.08 bits per heavy atom. The number of carbonyl (C=O) groups is 1. The third kappa shape index (κ3) is 5.99. The van der Waals surface area contributed by atoms with E-state index in [-0.39, 0.29) is 24.4 Å². The number of thiazole rings is 1. The first-order chi connectivity index (χ1) is 11.6. The van der Waals surface area contributed by atoms with E-state index in [1.165, 1.54) is 16.0 Å². The van der Waals surface area contributed by atoms with Gasteiger partial charge in [0.25, 0.3) is 0 Å². The largest absolute Gasteiger partial charge is 0.312 e. The van der Waals surface area contributed by atoms with Gasteiger partial charge in [0.05, 0.1) is 5.69 Å². The Hall–Kier alpha value is -1.08. The molecule has 0 radical (unpaired) electrons. The molecular formula is C18H24ClN3OS2. The van der Waals surface area contributed by atoms with Gasteiger partial charge in [0.1, 0.15) is 0 Å². The van der Waals surface area contributed by atoms with Crippen molar-refractivity contribution in [2.75, 3.05) is 23.4 Å². The van der Waals surface area contributed by atoms with Gasteiger partial charge in [0.15, 0.2) is 5.13 Å². The molecule has 136 valence electrons. The van der Waals surface area contributed by atoms with Crippen LogP contribution in [0.1, 0.15) is 28.1 Å². The smallest absolute Gasteiger partial charge is 0.227 e. The van der Waals surface area contributed by atoms with Crippen molar-refractivity contribution >= 4 is 46.5 Å². The molecule has 0 aliphatic carbocycles. The fraction of sp³-hybridized carbons (Fsp3) is 0.444. The van der Waals surface area contributed by atoms with Crippen LogP contribution in [0.3, 0.4) is 0 Å². The Balaban J connectivity index is 0.00000225. The second kappa shape index (κ2) is 9.57. The van der Waals surface area contributed by atoms with Gasteiger partial charge in [-0.3, -0.25) is 4.79 Å². The number of benzene rings is 1. The molecule has 3 rings (SSSR count). The minimum Gasteiger partial charge on any atom is -0.312 e. The number of aryl methyl sites for hydroxylation is 2. The van der Waals surface area contributed by atoms with Gasteiger partial charge in [-0.05, 0) is 19.4 Å². The Morgan fingerprint density at radius 3 is 2.76 bits per heavy atom. The van der Waals surface area contributed by atoms with Crippen LogP contribution in [0.25, 0.3) is 0 Å². The molecule has 25 heavy (non-hydrogen) atoms. The van der Waals surface area contributed by atoms with E-state index in [1.54, 1.807) is 11.3 Å². The topological polar surface area (TPSA) is 54.0 Å². The van der Waals surface area contributed by atoms with E-state index in [0.29, 0.717) is 11.6 Å². The third-order valence-electron chi connectivity index (χ3n) is 4.05. The zero-order valence-electron chi connectivity index (χ0n) is 14.5. The standard InChI is InChI=1S/C18H23N3OS2.ClH/c1-12-3-5-14(6-4-12)9-16-13(2)20-18(24-16)21-17(22)10-15-11-23-8-7-19-15;/h3-6,15,19H,7-11H2,1-2H3,(H,20,21,22);1H. The number of carbonyl (C=O) groups excluding carboxylic acids is 1. The first-order valence-corrected chi connectivity index (χ1v) is 10.2. The number of aromatic nitrogens is 1. The zero-order valence-corrected chi connectivity index (χ0v) is 17.0. The number of hydrogen-bond acceptors (Lipinski definition) is 5. The fourth-order valence-corrected chi connectivity index (χ4v) is 4.64. The monoisotopic (exact) mass is 397 g/mol. The molecule has 1 aromatic heterocycles. The number of nitrogens with one attached hydrogen (secondary N) is 2. The Labute approximate surface area is 163 Å². The van der Waals surface area contributed by atoms with Gasteiger partial charge in [-0.25, -0.2) is 4.98 Å². The number of nitrogens with zero attached hydrogens (tertiary/aromatic N) is 1. The summed E-state index contributed by atoms with van der Waals surface area (Å²) >= 11 is 3.48. The minimum atomic E-state index is 0. The SMILES string of the molecule is Cc1ccc(Cc2sc(NC(=O)CC3CSCCN3)nc2C)cc1.Cl. The first kappa shape index (κ1) is 20.2. The summed E-state index contributed by atoms with van der Waals surface area (Å²) in [6.45, 7) is 5.09. The summed E-state index contributed by atoms with van der Waals surface area (Å²) in [4.78, 5) is 17.9. The van der Waals surface area contributed by atoms with Crippen molar-refractivity contribution < 1.29 is 4.79 Å². The number of rotatable bonds is 5. The summed E-state index contributed by atoms with van der Waals surface area (Å²) in [5.41, 5.74) is 3.54. The van der Waals surface area contributed by atoms with Gasteiger partial charge < -0.3 is 10.6 Å². The number of amides is 1. The third-order valence-corrected chi connectivity index (χ3v) is 6.26. The van der Waals surface area contributed by atoms with Gasteiger partial charge in [-0.1, -0.05) is 29.8 Å². The second-order valence-electron chi connectivity index (χ2n) is 6.17. The molecule has 1 saturated heterocycles. The highest BCUT2D eigenvalue weighted by Crippen LogP contribution is 2.25. The van der Waals surface area contributed by atoms with E-state index >= 15 is 0 Å². The quantitative estimate of drug-likeness (QED) is 0.805. The summed E-state index contributed by atoms with van der Waals surface area (Å²) in [5.74, 6) is 2.18. The molecule has 1 unspecified atom stereocenters. The highest BCUT2D eigenvalue weighted by molar-refractivity contribution is 7.99. The fourth-order valence-electron chi connectivity index (χ4n) is 2.68. The van der Waals surface area contributed by atoms with Crippen LogP contribution in [0, 0.1) is 13.8 Å². The van der Waals surface area contributed by atoms with E-state index in [1.807, 2.05) is 18.7 Å². The number of halogens is 1. The molecule has 2 aromatic rings. The molecule has 1 amide bonds. The predicted octanol–water partition coefficient (Wildman–Crippen LogP) is 3.81. The number of anilines is 1. The predicted molar refractivity (Wildman–Crippen MR) is 110 cm³/mol. The molecule has 2 N–H and O–H groups in total. The lowest BCUT2D eigenvalue weighted by Crippen LogP contribution is -2.39. The van der Waals surface area contributed by atoms with Gasteiger partial charge in [0, 0.05) is 41.8 Å². The minimum absolute atomic E-state index is 0. The van der Waals surface area contributed by atoms with Crippen LogP contribution in [0.4, 0.5) is 5.13 Å². The van der Waals surface area contributed by atoms with Gasteiger partial charge in [0.2, 0.25) is 5.91 Å². The van der Waals surface area contributed by atoms with Crippen molar-refractivity contribution in [2.45, 2.75) is 32.7 Å². The van der Waals surface area contributed by atoms with Crippen LogP contribution in [-0.2, 0) is 11.2 Å². The molecule has 7 heteroatoms. The molecule has 0 saturated carbocycles. The van der Waals surface area contributed by atoms with E-state index in [9.17, 15) is 4.79 Å². The van der Waals surface area contributed by atoms with Crippen LogP contribution in [0.2, 0.25) is 0 Å². The summed E-state index contributed by atoms with van der Waals surface area (Å²) < 4.78 is 0. The van der Waals surface area contributed by atoms with Crippen molar-refractivity contribution in [3.8, 4) is 0 Å². The average molecular weight is 398 g/mol. The van der Waals surface area contributed by atoms with Crippen LogP contribution in [-0.4, -0.2) is 35.0 Å². The summed E-state index contributed by atoms with van der Waals surface area (Å²) in [7, 11) is 0. The number of hydrogen-bond donors (Lipinski definition) is 2. The van der Waals surface area contributed by atoms with Gasteiger partial charge >= 0.3 is 0 Å². The van der Waals surface area contributed by atoms with Crippen LogP contribution in [0.15, 0.2) is 24.3 Å². The van der Waals surface area contributed by atoms with E-state index in [2.05, 4.69) is 46.8 Å². The first-order valence-electron chi connectivity index (χ1n) is 8.23. The van der Waals surface area contributed by atoms with E-state index in [0.717, 1.165) is 30.2 Å². The molecule has 1 aliphatic heterocycles. The molecule has 0 spiro atoms. The molecule has 1 aromatic carbocycles. The van der Waals surface area contributed by atoms with Crippen molar-refractivity contribution in [3.05, 3.63) is 46.0 Å². The number of thioether (sulfide) groups is 1. The zero-order chi connectivity index (χ0) is 16.9. The maximum absolute atomic E-state index is 12.2. The second-order valence-corrected chi connectivity index (χ2v) is 8.40. The summed E-state index contributed by atoms with van der Waals surface area (Å²) in [5, 5.41) is 7.07. The molecule has 1 atom stereocenters. The lowest BCUT2D eigenvalue weighted by atomic mass is 10.1. The van der Waals surface area contributed by atoms with Gasteiger partial charge in [-0.15, -0.1) is 23.7 Å². The summed E-state index contributed by atoms with van der Waals surface area (Å²) in [6.07, 6.45) is 1.37. The average Bonchev–Trinajstić information content (AvgIpc) is 2.89. The van der Waals surface area contributed by atoms with Gasteiger partial charge in [-0.2, -0.15) is 11.8 Å². The van der Waals surface area contributed by atoms with Crippen molar-refractivity contribution in [2.24, 2.45) is 0 Å². The van der Waals surface area contributed by atoms with Crippen LogP contribution in [0.5, 0.6) is 0 Å². The highest BCUT2D eigenvalue weighted by atomic mass is 35.5. The Kier molecular flexibility index (Phi) is 7.75. The van der Waals surface area contributed by atoms with Crippen LogP contribution < -0.4 is 10.6 Å². The van der Waals surface area contributed by atoms with Crippen molar-refractivity contribution in [1.82, 2.24) is 10.3 Å². The molecule has 1 fully saturated rings. The Bertz CT molecular complexity index is 697. The lowest BCUT2D eigenvalue weighted by Gasteiger charge is -2.22. The molecular weight excluding hydrogens is 374 g/mol. The maximum atomic E-state index is 12.2. The normalized spacial score (nSPS) is 17.0. The molecule has 4 nitrogen and oxygen atoms in total. The van der Waals surface area contributed by atoms with E-state index < -0.39 is 0 Å². The lowest BCUT2D eigenvalue weighted by molar-refractivity contribution is -0.116. The summed E-state index contributed by atoms with van der Waals surface area (Å²) in [6, 6.07) is 8.84. The highest BCUT2D eigenvalue weighted by Gasteiger charge is 2.18. The Morgan fingerprint density at radius 1 is 1.32 bits per heavy atom. The van der Waals surface area contributed by atoms with Crippen molar-refractivity contribution in [1.29, 1.82) is 0 Å². The maximum Gasteiger partial charge on any atom is 0.227 e. The van der Waals surface area contributed by atoms with Crippen molar-refractivity contribution in [3.63, 3.8) is 0 Å². The molecule has 0 bridgehead atoms. The van der Waals surface area contributed by atoms with E-state index in [4.69, 9.17) is 0 Å². The molecule has 1 aliphatic rings.